The topological polar surface area (TPSA) is 73.2 Å². The van der Waals surface area contributed by atoms with E-state index < -0.39 is 0 Å². The Morgan fingerprint density at radius 3 is 3.04 bits per heavy atom. The fraction of sp³-hybridized carbons (Fsp3) is 0.235. The van der Waals surface area contributed by atoms with Crippen LogP contribution in [0.15, 0.2) is 39.2 Å². The molecular weight excluding hydrogens is 442 g/mol. The van der Waals surface area contributed by atoms with Crippen LogP contribution in [0.25, 0.3) is 10.2 Å². The number of nitrogens with zero attached hydrogens (tertiary/aromatic N) is 2. The van der Waals surface area contributed by atoms with Crippen molar-refractivity contribution in [1.82, 2.24) is 9.55 Å². The predicted octanol–water partition coefficient (Wildman–Crippen LogP) is 4.30. The van der Waals surface area contributed by atoms with Gasteiger partial charge in [0.15, 0.2) is 5.75 Å². The average molecular weight is 457 g/mol. The number of thiophene rings is 1. The van der Waals surface area contributed by atoms with Crippen LogP contribution in [0.2, 0.25) is 5.02 Å². The van der Waals surface area contributed by atoms with Crippen LogP contribution in [0.5, 0.6) is 5.75 Å². The molecule has 26 heavy (non-hydrogen) atoms. The summed E-state index contributed by atoms with van der Waals surface area (Å²) in [5, 5.41) is 5.64. The standard InChI is InChI=1S/C17H15BrClN3O3S/c1-2-25-15-12(18)7-10(19)8-13(15)21-14(23)3-5-22-9-20-16-11(17(22)24)4-6-26-16/h4,6-9H,2-3,5H2,1H3,(H,21,23). The van der Waals surface area contributed by atoms with Gasteiger partial charge < -0.3 is 10.1 Å². The summed E-state index contributed by atoms with van der Waals surface area (Å²) < 4.78 is 7.65. The molecule has 2 heterocycles. The zero-order chi connectivity index (χ0) is 18.7. The molecule has 0 bridgehead atoms. The van der Waals surface area contributed by atoms with Crippen LogP contribution in [-0.4, -0.2) is 22.1 Å². The summed E-state index contributed by atoms with van der Waals surface area (Å²) >= 11 is 10.8. The van der Waals surface area contributed by atoms with Crippen LogP contribution < -0.4 is 15.6 Å². The van der Waals surface area contributed by atoms with Gasteiger partial charge in [0.2, 0.25) is 5.91 Å². The third-order valence-corrected chi connectivity index (χ3v) is 5.23. The number of rotatable bonds is 6. The Bertz CT molecular complexity index is 1020. The van der Waals surface area contributed by atoms with Crippen molar-refractivity contribution in [2.45, 2.75) is 19.9 Å². The van der Waals surface area contributed by atoms with Crippen molar-refractivity contribution in [3.8, 4) is 5.75 Å². The SMILES string of the molecule is CCOc1c(Br)cc(Cl)cc1NC(=O)CCn1cnc2sccc2c1=O. The van der Waals surface area contributed by atoms with Gasteiger partial charge in [0.05, 0.1) is 28.5 Å². The lowest BCUT2D eigenvalue weighted by atomic mass is 10.2. The Hall–Kier alpha value is -1.90. The molecule has 0 saturated heterocycles. The van der Waals surface area contributed by atoms with Crippen molar-refractivity contribution in [1.29, 1.82) is 0 Å². The van der Waals surface area contributed by atoms with E-state index in [0.717, 1.165) is 0 Å². The van der Waals surface area contributed by atoms with Crippen LogP contribution in [0.4, 0.5) is 5.69 Å². The first kappa shape index (κ1) is 18.9. The van der Waals surface area contributed by atoms with E-state index in [9.17, 15) is 9.59 Å². The second kappa shape index (κ2) is 8.20. The molecule has 0 saturated carbocycles. The quantitative estimate of drug-likeness (QED) is 0.600. The predicted molar refractivity (Wildman–Crippen MR) is 107 cm³/mol. The summed E-state index contributed by atoms with van der Waals surface area (Å²) in [6.45, 7) is 2.53. The number of carbonyl (C=O) groups is 1. The van der Waals surface area contributed by atoms with E-state index in [2.05, 4.69) is 26.2 Å². The first-order valence-corrected chi connectivity index (χ1v) is 9.89. The maximum absolute atomic E-state index is 12.3. The van der Waals surface area contributed by atoms with Gasteiger partial charge in [0.1, 0.15) is 4.83 Å². The molecule has 0 aliphatic rings. The summed E-state index contributed by atoms with van der Waals surface area (Å²) in [6.07, 6.45) is 1.59. The number of fused-ring (bicyclic) bond motifs is 1. The molecule has 0 aliphatic carbocycles. The lowest BCUT2D eigenvalue weighted by Crippen LogP contribution is -2.23. The Kier molecular flexibility index (Phi) is 5.95. The van der Waals surface area contributed by atoms with Gasteiger partial charge in [-0.2, -0.15) is 0 Å². The summed E-state index contributed by atoms with van der Waals surface area (Å²) in [6, 6.07) is 5.06. The third kappa shape index (κ3) is 4.08. The molecule has 6 nitrogen and oxygen atoms in total. The van der Waals surface area contributed by atoms with Crippen molar-refractivity contribution in [3.63, 3.8) is 0 Å². The number of halogens is 2. The largest absolute Gasteiger partial charge is 0.491 e. The van der Waals surface area contributed by atoms with Gasteiger partial charge in [-0.25, -0.2) is 4.98 Å². The highest BCUT2D eigenvalue weighted by Gasteiger charge is 2.14. The first-order valence-electron chi connectivity index (χ1n) is 7.84. The fourth-order valence-corrected chi connectivity index (χ4v) is 4.08. The molecule has 0 spiro atoms. The van der Waals surface area contributed by atoms with Crippen molar-refractivity contribution in [3.05, 3.63) is 49.8 Å². The molecule has 0 fully saturated rings. The number of anilines is 1. The number of hydrogen-bond donors (Lipinski definition) is 1. The highest BCUT2D eigenvalue weighted by molar-refractivity contribution is 9.10. The Morgan fingerprint density at radius 2 is 2.27 bits per heavy atom. The zero-order valence-corrected chi connectivity index (χ0v) is 16.9. The lowest BCUT2D eigenvalue weighted by molar-refractivity contribution is -0.116. The number of carbonyl (C=O) groups excluding carboxylic acids is 1. The molecule has 0 atom stereocenters. The minimum Gasteiger partial charge on any atom is -0.491 e. The summed E-state index contributed by atoms with van der Waals surface area (Å²) in [4.78, 5) is 29.6. The van der Waals surface area contributed by atoms with Crippen LogP contribution in [-0.2, 0) is 11.3 Å². The van der Waals surface area contributed by atoms with E-state index >= 15 is 0 Å². The lowest BCUT2D eigenvalue weighted by Gasteiger charge is -2.14. The molecule has 3 rings (SSSR count). The van der Waals surface area contributed by atoms with E-state index in [-0.39, 0.29) is 24.4 Å². The molecule has 1 aromatic carbocycles. The molecule has 1 amide bonds. The minimum atomic E-state index is -0.252. The fourth-order valence-electron chi connectivity index (χ4n) is 2.43. The number of aryl methyl sites for hydroxylation is 1. The molecular formula is C17H15BrClN3O3S. The highest BCUT2D eigenvalue weighted by atomic mass is 79.9. The Labute approximate surface area is 166 Å². The van der Waals surface area contributed by atoms with Crippen LogP contribution in [0, 0.1) is 0 Å². The van der Waals surface area contributed by atoms with E-state index in [1.165, 1.54) is 22.2 Å². The van der Waals surface area contributed by atoms with E-state index in [0.29, 0.717) is 37.8 Å². The van der Waals surface area contributed by atoms with Crippen LogP contribution in [0.3, 0.4) is 0 Å². The molecule has 3 aromatic rings. The van der Waals surface area contributed by atoms with Crippen LogP contribution >= 0.6 is 38.9 Å². The molecule has 2 aromatic heterocycles. The van der Waals surface area contributed by atoms with Gasteiger partial charge in [-0.3, -0.25) is 14.2 Å². The van der Waals surface area contributed by atoms with Gasteiger partial charge in [-0.15, -0.1) is 11.3 Å². The smallest absolute Gasteiger partial charge is 0.262 e. The average Bonchev–Trinajstić information content (AvgIpc) is 3.07. The van der Waals surface area contributed by atoms with Gasteiger partial charge in [-0.05, 0) is 46.4 Å². The van der Waals surface area contributed by atoms with E-state index in [1.54, 1.807) is 18.2 Å². The van der Waals surface area contributed by atoms with Gasteiger partial charge >= 0.3 is 0 Å². The van der Waals surface area contributed by atoms with Crippen molar-refractivity contribution in [2.75, 3.05) is 11.9 Å². The molecule has 0 radical (unpaired) electrons. The molecule has 9 heteroatoms. The number of aromatic nitrogens is 2. The third-order valence-electron chi connectivity index (χ3n) is 3.60. The summed E-state index contributed by atoms with van der Waals surface area (Å²) in [5.41, 5.74) is 0.333. The van der Waals surface area contributed by atoms with Gasteiger partial charge in [0.25, 0.3) is 5.56 Å². The molecule has 136 valence electrons. The summed E-state index contributed by atoms with van der Waals surface area (Å²) in [5.74, 6) is 0.265. The van der Waals surface area contributed by atoms with Gasteiger partial charge in [-0.1, -0.05) is 11.6 Å². The number of hydrogen-bond acceptors (Lipinski definition) is 5. The van der Waals surface area contributed by atoms with Crippen molar-refractivity contribution < 1.29 is 9.53 Å². The van der Waals surface area contributed by atoms with E-state index in [1.807, 2.05) is 12.3 Å². The zero-order valence-electron chi connectivity index (χ0n) is 13.8. The van der Waals surface area contributed by atoms with Crippen LogP contribution in [0.1, 0.15) is 13.3 Å². The number of nitrogens with one attached hydrogen (secondary N) is 1. The highest BCUT2D eigenvalue weighted by Crippen LogP contribution is 2.36. The second-order valence-electron chi connectivity index (χ2n) is 5.38. The number of amides is 1. The molecule has 1 N–H and O–H groups in total. The monoisotopic (exact) mass is 455 g/mol. The first-order chi connectivity index (χ1) is 12.5. The molecule has 0 unspecified atom stereocenters. The second-order valence-corrected chi connectivity index (χ2v) is 7.56. The van der Waals surface area contributed by atoms with Crippen molar-refractivity contribution in [2.24, 2.45) is 0 Å². The maximum atomic E-state index is 12.3. The minimum absolute atomic E-state index is 0.118. The summed E-state index contributed by atoms with van der Waals surface area (Å²) in [7, 11) is 0. The Morgan fingerprint density at radius 1 is 1.46 bits per heavy atom. The molecule has 0 aliphatic heterocycles. The van der Waals surface area contributed by atoms with E-state index in [4.69, 9.17) is 16.3 Å². The Balaban J connectivity index is 1.73. The maximum Gasteiger partial charge on any atom is 0.262 e. The number of benzene rings is 1. The normalized spacial score (nSPS) is 10.9. The van der Waals surface area contributed by atoms with Crippen molar-refractivity contribution >= 4 is 60.7 Å². The number of ether oxygens (including phenoxy) is 1. The van der Waals surface area contributed by atoms with Gasteiger partial charge in [0, 0.05) is 18.0 Å².